The maximum atomic E-state index is 12.1. The molecule has 0 atom stereocenters. The van der Waals surface area contributed by atoms with Crippen LogP contribution in [0.5, 0.6) is 5.75 Å². The zero-order valence-corrected chi connectivity index (χ0v) is 14.0. The number of nitrogens with zero attached hydrogens (tertiary/aromatic N) is 2. The zero-order valence-electron chi connectivity index (χ0n) is 14.0. The highest BCUT2D eigenvalue weighted by atomic mass is 16.5. The Morgan fingerprint density at radius 2 is 2.00 bits per heavy atom. The molecule has 0 spiro atoms. The molecule has 8 heteroatoms. The maximum absolute atomic E-state index is 12.1. The predicted molar refractivity (Wildman–Crippen MR) is 94.8 cm³/mol. The van der Waals surface area contributed by atoms with Crippen LogP contribution in [0.1, 0.15) is 5.69 Å². The molecule has 0 saturated heterocycles. The van der Waals surface area contributed by atoms with Crippen LogP contribution in [0.2, 0.25) is 0 Å². The molecule has 1 aromatic carbocycles. The van der Waals surface area contributed by atoms with Crippen molar-refractivity contribution in [1.82, 2.24) is 15.3 Å². The molecular formula is C16H22N6O2. The first-order valence-corrected chi connectivity index (χ1v) is 7.57. The van der Waals surface area contributed by atoms with Gasteiger partial charge in [0.1, 0.15) is 11.6 Å². The molecule has 1 aromatic heterocycles. The Bertz CT molecular complexity index is 692. The van der Waals surface area contributed by atoms with Crippen LogP contribution in [0.15, 0.2) is 30.3 Å². The molecule has 2 aromatic rings. The van der Waals surface area contributed by atoms with Crippen LogP contribution < -0.4 is 26.0 Å². The second-order valence-electron chi connectivity index (χ2n) is 5.06. The molecule has 2 amide bonds. The van der Waals surface area contributed by atoms with E-state index in [9.17, 15) is 4.79 Å². The Balaban J connectivity index is 1.99. The van der Waals surface area contributed by atoms with Gasteiger partial charge in [-0.2, -0.15) is 4.98 Å². The standard InChI is InChI=1S/C16H22N6O2/c1-11-9-14(18-8-7-17-2)21-15(19-11)22-16(23)20-12-5-4-6-13(10-12)24-3/h4-6,9-10,17H,7-8H2,1-3H3,(H3,18,19,20,21,22,23). The third kappa shape index (κ3) is 5.40. The monoisotopic (exact) mass is 330 g/mol. The van der Waals surface area contributed by atoms with Crippen molar-refractivity contribution in [2.45, 2.75) is 6.92 Å². The molecule has 0 radical (unpaired) electrons. The Hall–Kier alpha value is -2.87. The number of aryl methyl sites for hydroxylation is 1. The smallest absolute Gasteiger partial charge is 0.326 e. The van der Waals surface area contributed by atoms with E-state index in [0.29, 0.717) is 17.3 Å². The number of aromatic nitrogens is 2. The first-order valence-electron chi connectivity index (χ1n) is 7.57. The number of amides is 2. The van der Waals surface area contributed by atoms with E-state index in [-0.39, 0.29) is 5.95 Å². The zero-order chi connectivity index (χ0) is 17.4. The average molecular weight is 330 g/mol. The molecule has 0 aliphatic carbocycles. The fraction of sp³-hybridized carbons (Fsp3) is 0.312. The number of urea groups is 1. The van der Waals surface area contributed by atoms with Crippen LogP contribution in [0, 0.1) is 6.92 Å². The van der Waals surface area contributed by atoms with E-state index in [4.69, 9.17) is 4.74 Å². The van der Waals surface area contributed by atoms with Gasteiger partial charge in [-0.3, -0.25) is 5.32 Å². The fourth-order valence-corrected chi connectivity index (χ4v) is 2.00. The number of benzene rings is 1. The Kier molecular flexibility index (Phi) is 6.32. The van der Waals surface area contributed by atoms with Crippen LogP contribution in [0.4, 0.5) is 22.2 Å². The lowest BCUT2D eigenvalue weighted by molar-refractivity contribution is 0.262. The predicted octanol–water partition coefficient (Wildman–Crippen LogP) is 2.07. The minimum Gasteiger partial charge on any atom is -0.497 e. The average Bonchev–Trinajstić information content (AvgIpc) is 2.54. The number of anilines is 3. The van der Waals surface area contributed by atoms with Crippen molar-refractivity contribution in [3.8, 4) is 5.75 Å². The lowest BCUT2D eigenvalue weighted by atomic mass is 10.3. The fourth-order valence-electron chi connectivity index (χ4n) is 2.00. The summed E-state index contributed by atoms with van der Waals surface area (Å²) < 4.78 is 5.12. The third-order valence-corrected chi connectivity index (χ3v) is 3.09. The molecule has 0 unspecified atom stereocenters. The number of ether oxygens (including phenoxy) is 1. The number of hydrogen-bond acceptors (Lipinski definition) is 6. The van der Waals surface area contributed by atoms with Crippen molar-refractivity contribution in [3.05, 3.63) is 36.0 Å². The largest absolute Gasteiger partial charge is 0.497 e. The highest BCUT2D eigenvalue weighted by Gasteiger charge is 2.07. The van der Waals surface area contributed by atoms with Crippen molar-refractivity contribution >= 4 is 23.5 Å². The molecule has 1 heterocycles. The lowest BCUT2D eigenvalue weighted by Gasteiger charge is -2.10. The van der Waals surface area contributed by atoms with E-state index in [1.54, 1.807) is 31.4 Å². The van der Waals surface area contributed by atoms with E-state index in [1.807, 2.05) is 20.0 Å². The van der Waals surface area contributed by atoms with Gasteiger partial charge in [-0.25, -0.2) is 9.78 Å². The molecule has 0 bridgehead atoms. The van der Waals surface area contributed by atoms with E-state index in [2.05, 4.69) is 31.2 Å². The highest BCUT2D eigenvalue weighted by molar-refractivity contribution is 5.98. The Labute approximate surface area is 141 Å². The molecule has 24 heavy (non-hydrogen) atoms. The highest BCUT2D eigenvalue weighted by Crippen LogP contribution is 2.17. The number of likely N-dealkylation sites (N-methyl/N-ethyl adjacent to an activating group) is 1. The molecule has 0 aliphatic rings. The topological polar surface area (TPSA) is 100 Å². The van der Waals surface area contributed by atoms with E-state index in [1.165, 1.54) is 0 Å². The van der Waals surface area contributed by atoms with Gasteiger partial charge in [-0.05, 0) is 26.1 Å². The van der Waals surface area contributed by atoms with Gasteiger partial charge in [0.2, 0.25) is 5.95 Å². The number of methoxy groups -OCH3 is 1. The summed E-state index contributed by atoms with van der Waals surface area (Å²) in [6.07, 6.45) is 0. The van der Waals surface area contributed by atoms with Gasteiger partial charge < -0.3 is 20.7 Å². The summed E-state index contributed by atoms with van der Waals surface area (Å²) in [7, 11) is 3.45. The van der Waals surface area contributed by atoms with E-state index < -0.39 is 6.03 Å². The van der Waals surface area contributed by atoms with Crippen LogP contribution >= 0.6 is 0 Å². The molecule has 4 N–H and O–H groups in total. The molecular weight excluding hydrogens is 308 g/mol. The third-order valence-electron chi connectivity index (χ3n) is 3.09. The SMILES string of the molecule is CNCCNc1cc(C)nc(NC(=O)Nc2cccc(OC)c2)n1. The molecule has 0 saturated carbocycles. The van der Waals surface area contributed by atoms with Crippen molar-refractivity contribution in [2.24, 2.45) is 0 Å². The molecule has 128 valence electrons. The van der Waals surface area contributed by atoms with E-state index >= 15 is 0 Å². The van der Waals surface area contributed by atoms with Crippen LogP contribution in [0.25, 0.3) is 0 Å². The van der Waals surface area contributed by atoms with Crippen LogP contribution in [-0.2, 0) is 0 Å². The Morgan fingerprint density at radius 1 is 1.17 bits per heavy atom. The number of hydrogen-bond donors (Lipinski definition) is 4. The van der Waals surface area contributed by atoms with Crippen molar-refractivity contribution in [3.63, 3.8) is 0 Å². The molecule has 0 fully saturated rings. The summed E-state index contributed by atoms with van der Waals surface area (Å²) in [6, 6.07) is 8.48. The van der Waals surface area contributed by atoms with Crippen LogP contribution in [0.3, 0.4) is 0 Å². The number of carbonyl (C=O) groups is 1. The first kappa shape index (κ1) is 17.5. The summed E-state index contributed by atoms with van der Waals surface area (Å²) in [6.45, 7) is 3.38. The van der Waals surface area contributed by atoms with Gasteiger partial charge in [-0.1, -0.05) is 6.07 Å². The van der Waals surface area contributed by atoms with Gasteiger partial charge in [0.25, 0.3) is 0 Å². The minimum absolute atomic E-state index is 0.238. The lowest BCUT2D eigenvalue weighted by Crippen LogP contribution is -2.22. The summed E-state index contributed by atoms with van der Waals surface area (Å²) in [5.74, 6) is 1.56. The van der Waals surface area contributed by atoms with Gasteiger partial charge in [0.15, 0.2) is 0 Å². The number of rotatable bonds is 7. The summed E-state index contributed by atoms with van der Waals surface area (Å²) in [4.78, 5) is 20.6. The number of carbonyl (C=O) groups excluding carboxylic acids is 1. The van der Waals surface area contributed by atoms with Gasteiger partial charge in [0.05, 0.1) is 7.11 Å². The van der Waals surface area contributed by atoms with Crippen molar-refractivity contribution in [1.29, 1.82) is 0 Å². The van der Waals surface area contributed by atoms with E-state index in [0.717, 1.165) is 18.8 Å². The summed E-state index contributed by atoms with van der Waals surface area (Å²) in [5, 5.41) is 11.5. The van der Waals surface area contributed by atoms with Gasteiger partial charge in [-0.15, -0.1) is 0 Å². The molecule has 2 rings (SSSR count). The van der Waals surface area contributed by atoms with Crippen molar-refractivity contribution in [2.75, 3.05) is 43.2 Å². The number of nitrogens with one attached hydrogen (secondary N) is 4. The first-order chi connectivity index (χ1) is 11.6. The van der Waals surface area contributed by atoms with Crippen molar-refractivity contribution < 1.29 is 9.53 Å². The second-order valence-corrected chi connectivity index (χ2v) is 5.06. The summed E-state index contributed by atoms with van der Waals surface area (Å²) in [5.41, 5.74) is 1.38. The van der Waals surface area contributed by atoms with Crippen LogP contribution in [-0.4, -0.2) is 43.2 Å². The Morgan fingerprint density at radius 3 is 2.75 bits per heavy atom. The molecule has 0 aliphatic heterocycles. The van der Waals surface area contributed by atoms with Gasteiger partial charge in [0, 0.05) is 36.6 Å². The normalized spacial score (nSPS) is 10.1. The summed E-state index contributed by atoms with van der Waals surface area (Å²) >= 11 is 0. The minimum atomic E-state index is -0.421. The maximum Gasteiger partial charge on any atom is 0.326 e. The molecule has 8 nitrogen and oxygen atoms in total. The quantitative estimate of drug-likeness (QED) is 0.580. The van der Waals surface area contributed by atoms with Gasteiger partial charge >= 0.3 is 6.03 Å². The second kappa shape index (κ2) is 8.68.